The zero-order chi connectivity index (χ0) is 13.1. The molecule has 1 N–H and O–H groups in total. The number of carbonyl (C=O) groups excluding carboxylic acids is 1. The molecule has 19 heavy (non-hydrogen) atoms. The van der Waals surface area contributed by atoms with Crippen molar-refractivity contribution in [1.82, 2.24) is 0 Å². The first-order chi connectivity index (χ1) is 9.34. The average molecular weight is 256 g/mol. The van der Waals surface area contributed by atoms with E-state index in [1.165, 1.54) is 38.5 Å². The van der Waals surface area contributed by atoms with Crippen LogP contribution in [0.15, 0.2) is 29.3 Å². The van der Waals surface area contributed by atoms with Gasteiger partial charge in [-0.15, -0.1) is 0 Å². The van der Waals surface area contributed by atoms with Gasteiger partial charge in [0.2, 0.25) is 5.91 Å². The van der Waals surface area contributed by atoms with Gasteiger partial charge in [0.05, 0.1) is 0 Å². The minimum atomic E-state index is -0.195. The van der Waals surface area contributed by atoms with E-state index in [1.807, 2.05) is 30.5 Å². The number of carbonyl (C=O) groups is 1. The molecule has 1 amide bonds. The van der Waals surface area contributed by atoms with Crippen molar-refractivity contribution in [3.8, 4) is 0 Å². The van der Waals surface area contributed by atoms with Gasteiger partial charge in [0, 0.05) is 17.9 Å². The molecule has 1 fully saturated rings. The van der Waals surface area contributed by atoms with Crippen molar-refractivity contribution < 1.29 is 4.79 Å². The zero-order valence-electron chi connectivity index (χ0n) is 11.1. The Balaban J connectivity index is 1.74. The lowest BCUT2D eigenvalue weighted by Gasteiger charge is -2.09. The van der Waals surface area contributed by atoms with Crippen LogP contribution in [0.4, 0.5) is 5.69 Å². The highest BCUT2D eigenvalue weighted by Crippen LogP contribution is 2.31. The molecule has 3 nitrogen and oxygen atoms in total. The van der Waals surface area contributed by atoms with E-state index in [9.17, 15) is 4.79 Å². The molecule has 1 aliphatic carbocycles. The highest BCUT2D eigenvalue weighted by atomic mass is 16.2. The third kappa shape index (κ3) is 2.70. The third-order valence-electron chi connectivity index (χ3n) is 4.11. The topological polar surface area (TPSA) is 41.5 Å². The fraction of sp³-hybridized carbons (Fsp3) is 0.500. The van der Waals surface area contributed by atoms with Gasteiger partial charge < -0.3 is 5.32 Å². The first kappa shape index (κ1) is 12.4. The smallest absolute Gasteiger partial charge is 0.237 e. The van der Waals surface area contributed by atoms with E-state index in [0.29, 0.717) is 6.04 Å². The standard InChI is InChI=1S/C16H20N2O/c19-16-14(13-9-5-6-10-15(13)18-16)11-17-12-7-3-1-2-4-8-12/h5-6,9-12,14H,1-4,7-8H2,(H,18,19)/t14-/m0/s1. The van der Waals surface area contributed by atoms with E-state index >= 15 is 0 Å². The van der Waals surface area contributed by atoms with Gasteiger partial charge in [-0.2, -0.15) is 0 Å². The number of amides is 1. The molecule has 3 heteroatoms. The van der Waals surface area contributed by atoms with Gasteiger partial charge in [-0.25, -0.2) is 0 Å². The van der Waals surface area contributed by atoms with Crippen molar-refractivity contribution in [2.75, 3.05) is 5.32 Å². The van der Waals surface area contributed by atoms with Crippen LogP contribution < -0.4 is 5.32 Å². The molecule has 0 spiro atoms. The van der Waals surface area contributed by atoms with E-state index in [-0.39, 0.29) is 11.8 Å². The summed E-state index contributed by atoms with van der Waals surface area (Å²) in [5.74, 6) is -0.141. The molecule has 100 valence electrons. The maximum Gasteiger partial charge on any atom is 0.237 e. The predicted octanol–water partition coefficient (Wildman–Crippen LogP) is 3.52. The summed E-state index contributed by atoms with van der Waals surface area (Å²) in [6.45, 7) is 0. The number of benzene rings is 1. The molecule has 1 aliphatic heterocycles. The number of anilines is 1. The summed E-state index contributed by atoms with van der Waals surface area (Å²) in [5, 5.41) is 2.92. The maximum atomic E-state index is 12.0. The monoisotopic (exact) mass is 256 g/mol. The van der Waals surface area contributed by atoms with Gasteiger partial charge in [-0.05, 0) is 24.5 Å². The SMILES string of the molecule is O=C1Nc2ccccc2[C@@H]1C=NC1CCCCCC1. The molecule has 3 rings (SSSR count). The van der Waals surface area contributed by atoms with Gasteiger partial charge in [-0.3, -0.25) is 9.79 Å². The second-order valence-electron chi connectivity index (χ2n) is 5.50. The van der Waals surface area contributed by atoms with Crippen LogP contribution in [0, 0.1) is 0 Å². The molecule has 0 saturated heterocycles. The number of hydrogen-bond acceptors (Lipinski definition) is 2. The van der Waals surface area contributed by atoms with Crippen molar-refractivity contribution in [3.63, 3.8) is 0 Å². The molecule has 1 aromatic rings. The lowest BCUT2D eigenvalue weighted by atomic mass is 10.0. The zero-order valence-corrected chi connectivity index (χ0v) is 11.1. The Labute approximate surface area is 114 Å². The molecule has 0 bridgehead atoms. The number of nitrogens with zero attached hydrogens (tertiary/aromatic N) is 1. The second kappa shape index (κ2) is 5.55. The Morgan fingerprint density at radius 2 is 1.84 bits per heavy atom. The van der Waals surface area contributed by atoms with Gasteiger partial charge in [0.25, 0.3) is 0 Å². The summed E-state index contributed by atoms with van der Waals surface area (Å²) in [4.78, 5) is 16.7. The van der Waals surface area contributed by atoms with E-state index in [0.717, 1.165) is 11.3 Å². The summed E-state index contributed by atoms with van der Waals surface area (Å²) in [6, 6.07) is 8.31. The van der Waals surface area contributed by atoms with Crippen molar-refractivity contribution in [2.45, 2.75) is 50.5 Å². The van der Waals surface area contributed by atoms with E-state index < -0.39 is 0 Å². The molecule has 0 aromatic heterocycles. The van der Waals surface area contributed by atoms with Crippen LogP contribution in [0.25, 0.3) is 0 Å². The molecule has 1 aromatic carbocycles. The average Bonchev–Trinajstić information content (AvgIpc) is 2.61. The summed E-state index contributed by atoms with van der Waals surface area (Å²) >= 11 is 0. The van der Waals surface area contributed by atoms with Crippen molar-refractivity contribution in [1.29, 1.82) is 0 Å². The Bertz CT molecular complexity index is 487. The van der Waals surface area contributed by atoms with Crippen LogP contribution >= 0.6 is 0 Å². The molecule has 2 aliphatic rings. The summed E-state index contributed by atoms with van der Waals surface area (Å²) in [6.07, 6.45) is 9.43. The molecule has 1 heterocycles. The molecular formula is C16H20N2O. The number of rotatable bonds is 2. The molecule has 0 unspecified atom stereocenters. The normalized spacial score (nSPS) is 24.2. The lowest BCUT2D eigenvalue weighted by Crippen LogP contribution is -2.14. The van der Waals surface area contributed by atoms with Crippen LogP contribution in [0.5, 0.6) is 0 Å². The Kier molecular flexibility index (Phi) is 3.62. The number of fused-ring (bicyclic) bond motifs is 1. The van der Waals surface area contributed by atoms with E-state index in [4.69, 9.17) is 0 Å². The van der Waals surface area contributed by atoms with Gasteiger partial charge in [0.15, 0.2) is 0 Å². The van der Waals surface area contributed by atoms with Crippen molar-refractivity contribution in [2.24, 2.45) is 4.99 Å². The van der Waals surface area contributed by atoms with Gasteiger partial charge >= 0.3 is 0 Å². The molecule has 0 radical (unpaired) electrons. The number of hydrogen-bond donors (Lipinski definition) is 1. The second-order valence-corrected chi connectivity index (χ2v) is 5.50. The van der Waals surface area contributed by atoms with Crippen LogP contribution in [-0.2, 0) is 4.79 Å². The summed E-state index contributed by atoms with van der Waals surface area (Å²) in [5.41, 5.74) is 2.00. The highest BCUT2D eigenvalue weighted by Gasteiger charge is 2.28. The molecule has 1 saturated carbocycles. The Hall–Kier alpha value is -1.64. The largest absolute Gasteiger partial charge is 0.325 e. The number of nitrogens with one attached hydrogen (secondary N) is 1. The van der Waals surface area contributed by atoms with Crippen LogP contribution in [-0.4, -0.2) is 18.2 Å². The molecule has 1 atom stereocenters. The summed E-state index contributed by atoms with van der Waals surface area (Å²) < 4.78 is 0. The Morgan fingerprint density at radius 3 is 2.63 bits per heavy atom. The highest BCUT2D eigenvalue weighted by molar-refractivity contribution is 6.12. The minimum absolute atomic E-state index is 0.0542. The third-order valence-corrected chi connectivity index (χ3v) is 4.11. The fourth-order valence-corrected chi connectivity index (χ4v) is 3.00. The fourth-order valence-electron chi connectivity index (χ4n) is 3.00. The van der Waals surface area contributed by atoms with Gasteiger partial charge in [-0.1, -0.05) is 43.9 Å². The first-order valence-electron chi connectivity index (χ1n) is 7.28. The van der Waals surface area contributed by atoms with Crippen LogP contribution in [0.2, 0.25) is 0 Å². The minimum Gasteiger partial charge on any atom is -0.325 e. The first-order valence-corrected chi connectivity index (χ1v) is 7.28. The van der Waals surface area contributed by atoms with Crippen LogP contribution in [0.3, 0.4) is 0 Å². The van der Waals surface area contributed by atoms with Crippen molar-refractivity contribution >= 4 is 17.8 Å². The number of aliphatic imine (C=N–C) groups is 1. The predicted molar refractivity (Wildman–Crippen MR) is 77.8 cm³/mol. The van der Waals surface area contributed by atoms with Crippen molar-refractivity contribution in [3.05, 3.63) is 29.8 Å². The number of para-hydroxylation sites is 1. The van der Waals surface area contributed by atoms with E-state index in [1.54, 1.807) is 0 Å². The molecular weight excluding hydrogens is 236 g/mol. The Morgan fingerprint density at radius 1 is 1.11 bits per heavy atom. The summed E-state index contributed by atoms with van der Waals surface area (Å²) in [7, 11) is 0. The lowest BCUT2D eigenvalue weighted by molar-refractivity contribution is -0.115. The van der Waals surface area contributed by atoms with Crippen LogP contribution in [0.1, 0.15) is 50.0 Å². The quantitative estimate of drug-likeness (QED) is 0.638. The van der Waals surface area contributed by atoms with Gasteiger partial charge in [0.1, 0.15) is 5.92 Å². The maximum absolute atomic E-state index is 12.0. The van der Waals surface area contributed by atoms with E-state index in [2.05, 4.69) is 10.3 Å².